The van der Waals surface area contributed by atoms with Crippen molar-refractivity contribution >= 4 is 22.4 Å². The molecule has 1 aromatic heterocycles. The maximum absolute atomic E-state index is 4.80. The van der Waals surface area contributed by atoms with Crippen molar-refractivity contribution < 1.29 is 0 Å². The van der Waals surface area contributed by atoms with Gasteiger partial charge in [0.15, 0.2) is 5.82 Å². The minimum Gasteiger partial charge on any atom is -0.340 e. The summed E-state index contributed by atoms with van der Waals surface area (Å²) in [6.45, 7) is 4.40. The number of aromatic nitrogens is 2. The molecule has 0 atom stereocenters. The largest absolute Gasteiger partial charge is 0.340 e. The van der Waals surface area contributed by atoms with E-state index in [4.69, 9.17) is 9.97 Å². The van der Waals surface area contributed by atoms with Crippen molar-refractivity contribution in [3.63, 3.8) is 0 Å². The number of nitrogens with one attached hydrogen (secondary N) is 1. The standard InChI is InChI=1S/C23H21N3/c1-16(2)17-12-14-19(15-13-17)24-23-20-10-6-7-11-21(20)25-22(26-23)18-8-4-3-5-9-18/h3-16H,1-2H3,(H,24,25,26). The lowest BCUT2D eigenvalue weighted by molar-refractivity contribution is 0.867. The van der Waals surface area contributed by atoms with E-state index < -0.39 is 0 Å². The average Bonchev–Trinajstić information content (AvgIpc) is 2.69. The number of fused-ring (bicyclic) bond motifs is 1. The number of benzene rings is 3. The Labute approximate surface area is 153 Å². The first-order chi connectivity index (χ1) is 12.7. The summed E-state index contributed by atoms with van der Waals surface area (Å²) in [6, 6.07) is 26.7. The number of hydrogen-bond acceptors (Lipinski definition) is 3. The third kappa shape index (κ3) is 3.29. The Balaban J connectivity index is 1.78. The molecule has 0 bridgehead atoms. The molecule has 0 fully saturated rings. The van der Waals surface area contributed by atoms with Crippen LogP contribution in [0.4, 0.5) is 11.5 Å². The van der Waals surface area contributed by atoms with E-state index in [1.54, 1.807) is 0 Å². The predicted octanol–water partition coefficient (Wildman–Crippen LogP) is 6.16. The van der Waals surface area contributed by atoms with Crippen LogP contribution < -0.4 is 5.32 Å². The second-order valence-corrected chi connectivity index (χ2v) is 6.68. The Kier molecular flexibility index (Phi) is 4.36. The Hall–Kier alpha value is -3.20. The second-order valence-electron chi connectivity index (χ2n) is 6.68. The molecule has 0 aliphatic rings. The van der Waals surface area contributed by atoms with E-state index in [0.717, 1.165) is 33.8 Å². The molecule has 0 unspecified atom stereocenters. The zero-order valence-electron chi connectivity index (χ0n) is 15.0. The van der Waals surface area contributed by atoms with Gasteiger partial charge in [-0.3, -0.25) is 0 Å². The summed E-state index contributed by atoms with van der Waals surface area (Å²) >= 11 is 0. The zero-order valence-corrected chi connectivity index (χ0v) is 15.0. The molecular formula is C23H21N3. The van der Waals surface area contributed by atoms with Crippen LogP contribution in [0, 0.1) is 0 Å². The van der Waals surface area contributed by atoms with Crippen molar-refractivity contribution in [1.29, 1.82) is 0 Å². The number of anilines is 2. The molecule has 1 N–H and O–H groups in total. The monoisotopic (exact) mass is 339 g/mol. The highest BCUT2D eigenvalue weighted by molar-refractivity contribution is 5.92. The van der Waals surface area contributed by atoms with Crippen LogP contribution in [0.2, 0.25) is 0 Å². The van der Waals surface area contributed by atoms with Gasteiger partial charge in [0, 0.05) is 16.6 Å². The minimum absolute atomic E-state index is 0.522. The van der Waals surface area contributed by atoms with Crippen LogP contribution in [-0.2, 0) is 0 Å². The molecule has 0 aliphatic heterocycles. The third-order valence-corrected chi connectivity index (χ3v) is 4.48. The summed E-state index contributed by atoms with van der Waals surface area (Å²) in [7, 11) is 0. The van der Waals surface area contributed by atoms with Crippen LogP contribution in [0.3, 0.4) is 0 Å². The van der Waals surface area contributed by atoms with Gasteiger partial charge in [0.1, 0.15) is 5.82 Å². The quantitative estimate of drug-likeness (QED) is 0.483. The fourth-order valence-electron chi connectivity index (χ4n) is 2.98. The highest BCUT2D eigenvalue weighted by Gasteiger charge is 2.09. The van der Waals surface area contributed by atoms with Crippen LogP contribution in [0.15, 0.2) is 78.9 Å². The molecule has 0 saturated heterocycles. The Bertz CT molecular complexity index is 1020. The van der Waals surface area contributed by atoms with Gasteiger partial charge in [-0.2, -0.15) is 0 Å². The van der Waals surface area contributed by atoms with Gasteiger partial charge in [-0.1, -0.05) is 68.4 Å². The first-order valence-electron chi connectivity index (χ1n) is 8.90. The molecule has 4 aromatic rings. The first kappa shape index (κ1) is 16.3. The Morgan fingerprint density at radius 2 is 1.42 bits per heavy atom. The maximum Gasteiger partial charge on any atom is 0.162 e. The molecule has 26 heavy (non-hydrogen) atoms. The number of nitrogens with zero attached hydrogens (tertiary/aromatic N) is 2. The van der Waals surface area contributed by atoms with Crippen molar-refractivity contribution in [2.75, 3.05) is 5.32 Å². The summed E-state index contributed by atoms with van der Waals surface area (Å²) in [5.74, 6) is 2.07. The van der Waals surface area contributed by atoms with Gasteiger partial charge in [-0.15, -0.1) is 0 Å². The third-order valence-electron chi connectivity index (χ3n) is 4.48. The predicted molar refractivity (Wildman–Crippen MR) is 109 cm³/mol. The van der Waals surface area contributed by atoms with Crippen molar-refractivity contribution in [2.24, 2.45) is 0 Å². The molecule has 3 heteroatoms. The van der Waals surface area contributed by atoms with Crippen molar-refractivity contribution in [2.45, 2.75) is 19.8 Å². The van der Waals surface area contributed by atoms with Crippen LogP contribution in [-0.4, -0.2) is 9.97 Å². The lowest BCUT2D eigenvalue weighted by Gasteiger charge is -2.12. The molecule has 3 nitrogen and oxygen atoms in total. The zero-order chi connectivity index (χ0) is 17.9. The highest BCUT2D eigenvalue weighted by atomic mass is 15.0. The van der Waals surface area contributed by atoms with Gasteiger partial charge in [0.25, 0.3) is 0 Å². The van der Waals surface area contributed by atoms with Gasteiger partial charge in [-0.25, -0.2) is 9.97 Å². The van der Waals surface area contributed by atoms with E-state index in [-0.39, 0.29) is 0 Å². The first-order valence-corrected chi connectivity index (χ1v) is 8.90. The highest BCUT2D eigenvalue weighted by Crippen LogP contribution is 2.27. The lowest BCUT2D eigenvalue weighted by Crippen LogP contribution is -1.99. The van der Waals surface area contributed by atoms with Gasteiger partial charge < -0.3 is 5.32 Å². The average molecular weight is 339 g/mol. The van der Waals surface area contributed by atoms with Gasteiger partial charge in [0.05, 0.1) is 5.52 Å². The van der Waals surface area contributed by atoms with Crippen molar-refractivity contribution in [1.82, 2.24) is 9.97 Å². The van der Waals surface area contributed by atoms with Crippen LogP contribution >= 0.6 is 0 Å². The normalized spacial score (nSPS) is 11.0. The molecule has 0 aliphatic carbocycles. The summed E-state index contributed by atoms with van der Waals surface area (Å²) in [5.41, 5.74) is 4.30. The van der Waals surface area contributed by atoms with E-state index in [1.165, 1.54) is 5.56 Å². The SMILES string of the molecule is CC(C)c1ccc(Nc2nc(-c3ccccc3)nc3ccccc23)cc1. The van der Waals surface area contributed by atoms with Crippen LogP contribution in [0.5, 0.6) is 0 Å². The fourth-order valence-corrected chi connectivity index (χ4v) is 2.98. The molecular weight excluding hydrogens is 318 g/mol. The molecule has 128 valence electrons. The van der Waals surface area contributed by atoms with Gasteiger partial charge in [0.2, 0.25) is 0 Å². The lowest BCUT2D eigenvalue weighted by atomic mass is 10.0. The Morgan fingerprint density at radius 1 is 0.731 bits per heavy atom. The smallest absolute Gasteiger partial charge is 0.162 e. The van der Waals surface area contributed by atoms with E-state index in [1.807, 2.05) is 48.5 Å². The van der Waals surface area contributed by atoms with E-state index in [9.17, 15) is 0 Å². The summed E-state index contributed by atoms with van der Waals surface area (Å²) in [6.07, 6.45) is 0. The van der Waals surface area contributed by atoms with Crippen LogP contribution in [0.1, 0.15) is 25.3 Å². The summed E-state index contributed by atoms with van der Waals surface area (Å²) in [5, 5.41) is 4.49. The summed E-state index contributed by atoms with van der Waals surface area (Å²) < 4.78 is 0. The molecule has 4 rings (SSSR count). The maximum atomic E-state index is 4.80. The van der Waals surface area contributed by atoms with E-state index >= 15 is 0 Å². The van der Waals surface area contributed by atoms with E-state index in [2.05, 4.69) is 49.5 Å². The van der Waals surface area contributed by atoms with E-state index in [0.29, 0.717) is 5.92 Å². The number of rotatable bonds is 4. The molecule has 1 heterocycles. The molecule has 0 amide bonds. The number of hydrogen-bond donors (Lipinski definition) is 1. The molecule has 3 aromatic carbocycles. The topological polar surface area (TPSA) is 37.8 Å². The summed E-state index contributed by atoms with van der Waals surface area (Å²) in [4.78, 5) is 9.54. The number of para-hydroxylation sites is 1. The van der Waals surface area contributed by atoms with Gasteiger partial charge in [-0.05, 0) is 35.7 Å². The Morgan fingerprint density at radius 3 is 2.15 bits per heavy atom. The van der Waals surface area contributed by atoms with Crippen molar-refractivity contribution in [3.05, 3.63) is 84.4 Å². The second kappa shape index (κ2) is 6.96. The molecule has 0 spiro atoms. The molecule has 0 saturated carbocycles. The van der Waals surface area contributed by atoms with Crippen LogP contribution in [0.25, 0.3) is 22.3 Å². The van der Waals surface area contributed by atoms with Crippen molar-refractivity contribution in [3.8, 4) is 11.4 Å². The van der Waals surface area contributed by atoms with Gasteiger partial charge >= 0.3 is 0 Å². The fraction of sp³-hybridized carbons (Fsp3) is 0.130. The minimum atomic E-state index is 0.522. The molecule has 0 radical (unpaired) electrons.